The van der Waals surface area contributed by atoms with Crippen LogP contribution in [0.25, 0.3) is 10.2 Å². The number of anilines is 1. The fraction of sp³-hybridized carbons (Fsp3) is 0.133. The van der Waals surface area contributed by atoms with Crippen molar-refractivity contribution in [3.63, 3.8) is 0 Å². The third kappa shape index (κ3) is 4.08. The third-order valence-electron chi connectivity index (χ3n) is 3.25. The van der Waals surface area contributed by atoms with Crippen LogP contribution in [0.3, 0.4) is 0 Å². The van der Waals surface area contributed by atoms with Gasteiger partial charge < -0.3 is 11.5 Å². The second-order valence-electron chi connectivity index (χ2n) is 4.97. The molecule has 134 valence electrons. The Hall–Kier alpha value is -2.74. The minimum absolute atomic E-state index is 0. The molecular formula is C15H14ClN7OS2. The summed E-state index contributed by atoms with van der Waals surface area (Å²) in [5, 5.41) is 14.2. The predicted molar refractivity (Wildman–Crippen MR) is 106 cm³/mol. The number of carbonyl (C=O) groups excluding carboxylic acids is 1. The average Bonchev–Trinajstić information content (AvgIpc) is 3.19. The van der Waals surface area contributed by atoms with Crippen LogP contribution in [0.15, 0.2) is 22.5 Å². The van der Waals surface area contributed by atoms with Crippen molar-refractivity contribution in [3.05, 3.63) is 34.3 Å². The molecule has 1 aromatic carbocycles. The first-order chi connectivity index (χ1) is 12.0. The Balaban J connectivity index is 0.00000243. The van der Waals surface area contributed by atoms with E-state index in [-0.39, 0.29) is 24.1 Å². The van der Waals surface area contributed by atoms with Crippen LogP contribution in [0.2, 0.25) is 0 Å². The number of rotatable bonds is 4. The van der Waals surface area contributed by atoms with Gasteiger partial charge in [0, 0.05) is 5.38 Å². The lowest BCUT2D eigenvalue weighted by Gasteiger charge is -1.98. The molecule has 0 spiro atoms. The van der Waals surface area contributed by atoms with Crippen LogP contribution in [-0.2, 0) is 6.42 Å². The minimum Gasteiger partial charge on any atom is -0.370 e. The van der Waals surface area contributed by atoms with E-state index >= 15 is 0 Å². The van der Waals surface area contributed by atoms with Gasteiger partial charge in [-0.05, 0) is 24.1 Å². The van der Waals surface area contributed by atoms with Gasteiger partial charge >= 0.3 is 0 Å². The van der Waals surface area contributed by atoms with E-state index in [0.29, 0.717) is 15.8 Å². The van der Waals surface area contributed by atoms with Crippen molar-refractivity contribution in [3.8, 4) is 6.07 Å². The number of hydrogen-bond acceptors (Lipinski definition) is 7. The van der Waals surface area contributed by atoms with E-state index in [1.165, 1.54) is 11.3 Å². The Morgan fingerprint density at radius 3 is 2.81 bits per heavy atom. The molecule has 0 aliphatic heterocycles. The molecule has 2 heterocycles. The second-order valence-corrected chi connectivity index (χ2v) is 6.84. The fourth-order valence-corrected chi connectivity index (χ4v) is 3.81. The Labute approximate surface area is 163 Å². The number of nitrogens with two attached hydrogens (primary N) is 2. The smallest absolute Gasteiger partial charge is 0.276 e. The van der Waals surface area contributed by atoms with E-state index in [9.17, 15) is 4.79 Å². The standard InChI is InChI=1S/C15H13N7OS2.ClH/c1-2-8-3-7(5-16)4-10-11(8)20-15(25-10)21-12(23)9-6-24-14(19-9)22-13(17)18;/h3-4,6H,2H2,1H3,(H,20,21,23)(H4,17,18,19,22);1H. The molecule has 0 atom stereocenters. The average molecular weight is 408 g/mol. The largest absolute Gasteiger partial charge is 0.370 e. The summed E-state index contributed by atoms with van der Waals surface area (Å²) in [4.78, 5) is 24.6. The summed E-state index contributed by atoms with van der Waals surface area (Å²) in [7, 11) is 0. The first-order valence-electron chi connectivity index (χ1n) is 7.20. The molecule has 3 rings (SSSR count). The summed E-state index contributed by atoms with van der Waals surface area (Å²) >= 11 is 2.47. The van der Waals surface area contributed by atoms with Crippen LogP contribution < -0.4 is 16.8 Å². The number of aryl methyl sites for hydroxylation is 1. The highest BCUT2D eigenvalue weighted by molar-refractivity contribution is 7.22. The third-order valence-corrected chi connectivity index (χ3v) is 4.91. The summed E-state index contributed by atoms with van der Waals surface area (Å²) in [6, 6.07) is 5.72. The van der Waals surface area contributed by atoms with Crippen molar-refractivity contribution in [2.45, 2.75) is 13.3 Å². The second kappa shape index (κ2) is 8.09. The van der Waals surface area contributed by atoms with Crippen molar-refractivity contribution < 1.29 is 4.79 Å². The molecule has 0 saturated carbocycles. The molecule has 0 aliphatic carbocycles. The van der Waals surface area contributed by atoms with Crippen LogP contribution in [0, 0.1) is 11.3 Å². The fourth-order valence-electron chi connectivity index (χ4n) is 2.18. The molecule has 1 amide bonds. The number of amides is 1. The van der Waals surface area contributed by atoms with Gasteiger partial charge in [-0.1, -0.05) is 18.3 Å². The van der Waals surface area contributed by atoms with Gasteiger partial charge in [0.25, 0.3) is 5.91 Å². The van der Waals surface area contributed by atoms with E-state index in [1.807, 2.05) is 13.0 Å². The molecule has 0 unspecified atom stereocenters. The normalized spacial score (nSPS) is 10.0. The van der Waals surface area contributed by atoms with Gasteiger partial charge in [-0.15, -0.1) is 23.7 Å². The van der Waals surface area contributed by atoms with Crippen molar-refractivity contribution in [1.29, 1.82) is 5.26 Å². The molecule has 2 aromatic heterocycles. The molecule has 0 aliphatic rings. The number of nitriles is 1. The van der Waals surface area contributed by atoms with Gasteiger partial charge in [0.1, 0.15) is 5.69 Å². The van der Waals surface area contributed by atoms with Crippen molar-refractivity contribution >= 4 is 67.4 Å². The SMILES string of the molecule is CCc1cc(C#N)cc2sc(NC(=O)c3csc(N=C(N)N)n3)nc12.Cl. The lowest BCUT2D eigenvalue weighted by molar-refractivity contribution is 0.102. The maximum atomic E-state index is 12.3. The predicted octanol–water partition coefficient (Wildman–Crippen LogP) is 2.77. The zero-order valence-electron chi connectivity index (χ0n) is 13.5. The molecule has 3 aromatic rings. The van der Waals surface area contributed by atoms with E-state index < -0.39 is 5.91 Å². The first kappa shape index (κ1) is 19.6. The van der Waals surface area contributed by atoms with Crippen LogP contribution in [0.4, 0.5) is 10.3 Å². The zero-order valence-corrected chi connectivity index (χ0v) is 16.0. The van der Waals surface area contributed by atoms with Gasteiger partial charge in [0.05, 0.1) is 21.8 Å². The number of nitrogens with one attached hydrogen (secondary N) is 1. The number of aliphatic imine (C=N–C) groups is 1. The Morgan fingerprint density at radius 2 is 2.15 bits per heavy atom. The number of carbonyl (C=O) groups is 1. The highest BCUT2D eigenvalue weighted by Crippen LogP contribution is 2.30. The van der Waals surface area contributed by atoms with Crippen LogP contribution in [0.1, 0.15) is 28.5 Å². The van der Waals surface area contributed by atoms with Gasteiger partial charge in [0.2, 0.25) is 5.13 Å². The summed E-state index contributed by atoms with van der Waals surface area (Å²) in [5.41, 5.74) is 13.1. The van der Waals surface area contributed by atoms with E-state index in [1.54, 1.807) is 11.4 Å². The molecule has 5 N–H and O–H groups in total. The molecular weight excluding hydrogens is 394 g/mol. The lowest BCUT2D eigenvalue weighted by atomic mass is 10.1. The van der Waals surface area contributed by atoms with Crippen molar-refractivity contribution in [1.82, 2.24) is 9.97 Å². The summed E-state index contributed by atoms with van der Waals surface area (Å²) < 4.78 is 0.852. The van der Waals surface area contributed by atoms with E-state index in [0.717, 1.165) is 33.5 Å². The first-order valence-corrected chi connectivity index (χ1v) is 8.89. The zero-order chi connectivity index (χ0) is 18.0. The minimum atomic E-state index is -0.397. The van der Waals surface area contributed by atoms with Crippen LogP contribution >= 0.6 is 35.1 Å². The number of aromatic nitrogens is 2. The van der Waals surface area contributed by atoms with Gasteiger partial charge in [-0.25, -0.2) is 9.97 Å². The van der Waals surface area contributed by atoms with Crippen LogP contribution in [-0.4, -0.2) is 21.8 Å². The summed E-state index contributed by atoms with van der Waals surface area (Å²) in [6.07, 6.45) is 0.747. The maximum Gasteiger partial charge on any atom is 0.276 e. The number of fused-ring (bicyclic) bond motifs is 1. The number of hydrogen-bond donors (Lipinski definition) is 3. The van der Waals surface area contributed by atoms with Gasteiger partial charge in [-0.3, -0.25) is 10.1 Å². The maximum absolute atomic E-state index is 12.3. The number of nitrogens with zero attached hydrogens (tertiary/aromatic N) is 4. The number of thiazole rings is 2. The molecule has 8 nitrogen and oxygen atoms in total. The van der Waals surface area contributed by atoms with Gasteiger partial charge in [0.15, 0.2) is 11.1 Å². The Morgan fingerprint density at radius 1 is 1.38 bits per heavy atom. The molecule has 0 fully saturated rings. The highest BCUT2D eigenvalue weighted by Gasteiger charge is 2.15. The lowest BCUT2D eigenvalue weighted by Crippen LogP contribution is -2.21. The Kier molecular flexibility index (Phi) is 6.10. The van der Waals surface area contributed by atoms with Gasteiger partial charge in [-0.2, -0.15) is 10.3 Å². The quantitative estimate of drug-likeness (QED) is 0.448. The molecule has 0 radical (unpaired) electrons. The van der Waals surface area contributed by atoms with Crippen molar-refractivity contribution in [2.75, 3.05) is 5.32 Å². The number of guanidine groups is 1. The molecule has 0 saturated heterocycles. The van der Waals surface area contributed by atoms with Crippen LogP contribution in [0.5, 0.6) is 0 Å². The topological polar surface area (TPSA) is 143 Å². The highest BCUT2D eigenvalue weighted by atomic mass is 35.5. The summed E-state index contributed by atoms with van der Waals surface area (Å²) in [6.45, 7) is 1.99. The molecule has 11 heteroatoms. The van der Waals surface area contributed by atoms with E-state index in [2.05, 4.69) is 26.3 Å². The summed E-state index contributed by atoms with van der Waals surface area (Å²) in [5.74, 6) is -0.515. The molecule has 26 heavy (non-hydrogen) atoms. The van der Waals surface area contributed by atoms with E-state index in [4.69, 9.17) is 16.7 Å². The monoisotopic (exact) mass is 407 g/mol. The number of benzene rings is 1. The Bertz CT molecular complexity index is 1030. The van der Waals surface area contributed by atoms with Crippen molar-refractivity contribution in [2.24, 2.45) is 16.5 Å². The molecule has 0 bridgehead atoms. The number of halogens is 1.